The molecule has 1 unspecified atom stereocenters. The lowest BCUT2D eigenvalue weighted by molar-refractivity contribution is -0.0310. The van der Waals surface area contributed by atoms with Crippen LogP contribution in [0.15, 0.2) is 30.3 Å². The van der Waals surface area contributed by atoms with Crippen LogP contribution in [0.3, 0.4) is 0 Å². The van der Waals surface area contributed by atoms with Crippen LogP contribution in [0.1, 0.15) is 0 Å². The van der Waals surface area contributed by atoms with Gasteiger partial charge in [-0.05, 0) is 12.1 Å². The standard InChI is InChI=1S/C11H17N3O/c1-15-11-9-12-7-8-14(11)13-10-5-3-2-4-6-10/h2-6,11-13H,7-9H2,1H3. The first-order chi connectivity index (χ1) is 7.40. The van der Waals surface area contributed by atoms with Gasteiger partial charge in [0.15, 0.2) is 0 Å². The molecule has 0 bridgehead atoms. The van der Waals surface area contributed by atoms with E-state index in [0.717, 1.165) is 25.3 Å². The summed E-state index contributed by atoms with van der Waals surface area (Å²) >= 11 is 0. The van der Waals surface area contributed by atoms with Crippen LogP contribution in [0.5, 0.6) is 0 Å². The molecular weight excluding hydrogens is 190 g/mol. The van der Waals surface area contributed by atoms with Gasteiger partial charge in [0.1, 0.15) is 6.23 Å². The van der Waals surface area contributed by atoms with Crippen molar-refractivity contribution in [3.8, 4) is 0 Å². The molecule has 0 aromatic heterocycles. The van der Waals surface area contributed by atoms with Crippen molar-refractivity contribution in [2.24, 2.45) is 0 Å². The van der Waals surface area contributed by atoms with Gasteiger partial charge in [0.2, 0.25) is 0 Å². The van der Waals surface area contributed by atoms with Gasteiger partial charge in [-0.15, -0.1) is 0 Å². The smallest absolute Gasteiger partial charge is 0.139 e. The molecule has 1 aliphatic rings. The van der Waals surface area contributed by atoms with E-state index in [2.05, 4.69) is 27.9 Å². The van der Waals surface area contributed by atoms with Crippen LogP contribution >= 0.6 is 0 Å². The SMILES string of the molecule is COC1CNCCN1Nc1ccccc1. The lowest BCUT2D eigenvalue weighted by atomic mass is 10.3. The third-order valence-corrected chi connectivity index (χ3v) is 2.51. The third-order valence-electron chi connectivity index (χ3n) is 2.51. The molecule has 1 aliphatic heterocycles. The van der Waals surface area contributed by atoms with Crippen molar-refractivity contribution in [3.63, 3.8) is 0 Å². The maximum atomic E-state index is 5.38. The van der Waals surface area contributed by atoms with Crippen LogP contribution in [0.4, 0.5) is 5.69 Å². The predicted octanol–water partition coefficient (Wildman–Crippen LogP) is 0.891. The van der Waals surface area contributed by atoms with E-state index in [0.29, 0.717) is 0 Å². The normalized spacial score (nSPS) is 22.6. The number of nitrogens with one attached hydrogen (secondary N) is 2. The number of methoxy groups -OCH3 is 1. The van der Waals surface area contributed by atoms with E-state index >= 15 is 0 Å². The molecule has 4 heteroatoms. The monoisotopic (exact) mass is 207 g/mol. The summed E-state index contributed by atoms with van der Waals surface area (Å²) in [6.45, 7) is 2.78. The molecule has 1 saturated heterocycles. The maximum Gasteiger partial charge on any atom is 0.139 e. The fourth-order valence-corrected chi connectivity index (χ4v) is 1.70. The second-order valence-electron chi connectivity index (χ2n) is 3.57. The van der Waals surface area contributed by atoms with Crippen LogP contribution in [0.25, 0.3) is 0 Å². The molecule has 1 heterocycles. The van der Waals surface area contributed by atoms with Crippen molar-refractivity contribution < 1.29 is 4.74 Å². The third kappa shape index (κ3) is 2.68. The van der Waals surface area contributed by atoms with E-state index in [1.807, 2.05) is 18.2 Å². The zero-order chi connectivity index (χ0) is 10.5. The first-order valence-corrected chi connectivity index (χ1v) is 5.22. The van der Waals surface area contributed by atoms with Crippen molar-refractivity contribution in [1.29, 1.82) is 0 Å². The number of hydrazine groups is 1. The second kappa shape index (κ2) is 5.11. The maximum absolute atomic E-state index is 5.38. The average Bonchev–Trinajstić information content (AvgIpc) is 2.31. The minimum atomic E-state index is 0.0963. The highest BCUT2D eigenvalue weighted by atomic mass is 16.5. The zero-order valence-electron chi connectivity index (χ0n) is 8.94. The summed E-state index contributed by atoms with van der Waals surface area (Å²) in [5, 5.41) is 5.41. The number of anilines is 1. The molecule has 0 saturated carbocycles. The topological polar surface area (TPSA) is 36.5 Å². The second-order valence-corrected chi connectivity index (χ2v) is 3.57. The molecule has 1 fully saturated rings. The van der Waals surface area contributed by atoms with Gasteiger partial charge in [0, 0.05) is 32.4 Å². The lowest BCUT2D eigenvalue weighted by Crippen LogP contribution is -2.54. The van der Waals surface area contributed by atoms with E-state index in [4.69, 9.17) is 4.74 Å². The summed E-state index contributed by atoms with van der Waals surface area (Å²) in [6, 6.07) is 10.2. The number of nitrogens with zero attached hydrogens (tertiary/aromatic N) is 1. The molecule has 1 aromatic rings. The van der Waals surface area contributed by atoms with E-state index < -0.39 is 0 Å². The number of ether oxygens (including phenoxy) is 1. The van der Waals surface area contributed by atoms with Crippen molar-refractivity contribution in [3.05, 3.63) is 30.3 Å². The summed E-state index contributed by atoms with van der Waals surface area (Å²) in [7, 11) is 1.73. The zero-order valence-corrected chi connectivity index (χ0v) is 8.94. The molecule has 0 radical (unpaired) electrons. The predicted molar refractivity (Wildman–Crippen MR) is 60.4 cm³/mol. The van der Waals surface area contributed by atoms with Gasteiger partial charge < -0.3 is 15.5 Å². The Kier molecular flexibility index (Phi) is 3.55. The van der Waals surface area contributed by atoms with Crippen LogP contribution in [0.2, 0.25) is 0 Å². The summed E-state index contributed by atoms with van der Waals surface area (Å²) in [5.74, 6) is 0. The molecule has 82 valence electrons. The summed E-state index contributed by atoms with van der Waals surface area (Å²) in [4.78, 5) is 0. The molecule has 2 rings (SSSR count). The Labute approximate surface area is 90.2 Å². The van der Waals surface area contributed by atoms with Gasteiger partial charge in [0.05, 0.1) is 0 Å². The van der Waals surface area contributed by atoms with Crippen LogP contribution in [-0.2, 0) is 4.74 Å². The number of para-hydroxylation sites is 1. The highest BCUT2D eigenvalue weighted by Gasteiger charge is 2.21. The highest BCUT2D eigenvalue weighted by molar-refractivity contribution is 5.41. The molecule has 0 amide bonds. The molecule has 4 nitrogen and oxygen atoms in total. The molecule has 1 aromatic carbocycles. The van der Waals surface area contributed by atoms with Gasteiger partial charge in [-0.1, -0.05) is 18.2 Å². The lowest BCUT2D eigenvalue weighted by Gasteiger charge is -2.35. The largest absolute Gasteiger partial charge is 0.363 e. The first-order valence-electron chi connectivity index (χ1n) is 5.22. The Morgan fingerprint density at radius 3 is 2.93 bits per heavy atom. The number of piperazine rings is 1. The fraction of sp³-hybridized carbons (Fsp3) is 0.455. The van der Waals surface area contributed by atoms with Crippen molar-refractivity contribution >= 4 is 5.69 Å². The molecule has 0 aliphatic carbocycles. The molecule has 2 N–H and O–H groups in total. The van der Waals surface area contributed by atoms with Gasteiger partial charge >= 0.3 is 0 Å². The Morgan fingerprint density at radius 2 is 2.20 bits per heavy atom. The quantitative estimate of drug-likeness (QED) is 0.772. The molecule has 1 atom stereocenters. The molecule has 15 heavy (non-hydrogen) atoms. The van der Waals surface area contributed by atoms with Gasteiger partial charge in [0.25, 0.3) is 0 Å². The summed E-state index contributed by atoms with van der Waals surface area (Å²) in [5.41, 5.74) is 4.45. The Morgan fingerprint density at radius 1 is 1.40 bits per heavy atom. The molecule has 0 spiro atoms. The Hall–Kier alpha value is -1.10. The van der Waals surface area contributed by atoms with Crippen molar-refractivity contribution in [2.75, 3.05) is 32.2 Å². The minimum Gasteiger partial charge on any atom is -0.363 e. The fourth-order valence-electron chi connectivity index (χ4n) is 1.70. The van der Waals surface area contributed by atoms with Crippen LogP contribution in [0, 0.1) is 0 Å². The first kappa shape index (κ1) is 10.4. The van der Waals surface area contributed by atoms with Crippen LogP contribution in [-0.4, -0.2) is 38.0 Å². The van der Waals surface area contributed by atoms with E-state index in [9.17, 15) is 0 Å². The van der Waals surface area contributed by atoms with Crippen LogP contribution < -0.4 is 10.7 Å². The van der Waals surface area contributed by atoms with Crippen molar-refractivity contribution in [1.82, 2.24) is 10.3 Å². The van der Waals surface area contributed by atoms with Gasteiger partial charge in [-0.25, -0.2) is 0 Å². The Balaban J connectivity index is 1.97. The highest BCUT2D eigenvalue weighted by Crippen LogP contribution is 2.10. The van der Waals surface area contributed by atoms with E-state index in [1.54, 1.807) is 7.11 Å². The Bertz CT molecular complexity index is 291. The number of hydrogen-bond donors (Lipinski definition) is 2. The molecular formula is C11H17N3O. The average molecular weight is 207 g/mol. The van der Waals surface area contributed by atoms with Gasteiger partial charge in [-0.2, -0.15) is 5.01 Å². The number of hydrogen-bond acceptors (Lipinski definition) is 4. The number of rotatable bonds is 3. The minimum absolute atomic E-state index is 0.0963. The van der Waals surface area contributed by atoms with Crippen molar-refractivity contribution in [2.45, 2.75) is 6.23 Å². The van der Waals surface area contributed by atoms with Gasteiger partial charge in [-0.3, -0.25) is 0 Å². The summed E-state index contributed by atoms with van der Waals surface area (Å²) < 4.78 is 5.38. The van der Waals surface area contributed by atoms with E-state index in [1.165, 1.54) is 0 Å². The van der Waals surface area contributed by atoms with E-state index in [-0.39, 0.29) is 6.23 Å². The summed E-state index contributed by atoms with van der Waals surface area (Å²) in [6.07, 6.45) is 0.0963. The number of benzene rings is 1.